The molecule has 382 valence electrons. The van der Waals surface area contributed by atoms with Crippen LogP contribution in [0, 0.1) is 0 Å². The van der Waals surface area contributed by atoms with E-state index in [0.29, 0.717) is 17.4 Å². The van der Waals surface area contributed by atoms with Gasteiger partial charge in [-0.1, -0.05) is 223 Å². The van der Waals surface area contributed by atoms with E-state index >= 15 is 0 Å². The number of nitrogens with one attached hydrogen (secondary N) is 1. The summed E-state index contributed by atoms with van der Waals surface area (Å²) in [4.78, 5) is 23.2. The van der Waals surface area contributed by atoms with Crippen LogP contribution in [0.2, 0.25) is 0 Å². The van der Waals surface area contributed by atoms with E-state index in [2.05, 4.69) is 55.6 Å². The summed E-state index contributed by atoms with van der Waals surface area (Å²) in [6.45, 7) is 4.77. The third-order valence-corrected chi connectivity index (χ3v) is 13.2. The predicted octanol–water partition coefficient (Wildman–Crippen LogP) is 16.4. The first kappa shape index (κ1) is 63.5. The molecule has 0 aliphatic carbocycles. The Morgan fingerprint density at radius 2 is 0.846 bits per heavy atom. The summed E-state index contributed by atoms with van der Waals surface area (Å²) in [5.74, 6) is -0.200. The van der Waals surface area contributed by atoms with Crippen molar-refractivity contribution in [2.75, 3.05) is 40.9 Å². The van der Waals surface area contributed by atoms with Crippen LogP contribution in [-0.2, 0) is 18.4 Å². The number of phosphoric ester groups is 1. The van der Waals surface area contributed by atoms with E-state index in [1.165, 1.54) is 173 Å². The topological polar surface area (TPSA) is 105 Å². The molecule has 0 saturated heterocycles. The number of quaternary nitrogens is 1. The summed E-state index contributed by atoms with van der Waals surface area (Å²) in [6.07, 6.45) is 62.3. The largest absolute Gasteiger partial charge is 0.472 e. The average Bonchev–Trinajstić information content (AvgIpc) is 3.26. The first-order valence-corrected chi connectivity index (χ1v) is 29.0. The highest BCUT2D eigenvalue weighted by atomic mass is 31.2. The lowest BCUT2D eigenvalue weighted by molar-refractivity contribution is -0.870. The molecule has 0 aromatic rings. The first-order valence-electron chi connectivity index (χ1n) is 27.5. The Morgan fingerprint density at radius 1 is 0.508 bits per heavy atom. The van der Waals surface area contributed by atoms with Crippen LogP contribution in [0.5, 0.6) is 0 Å². The molecule has 9 heteroatoms. The van der Waals surface area contributed by atoms with E-state index in [1.54, 1.807) is 6.08 Å². The van der Waals surface area contributed by atoms with Gasteiger partial charge in [-0.05, 0) is 70.6 Å². The molecule has 0 aliphatic rings. The smallest absolute Gasteiger partial charge is 0.387 e. The fraction of sp³-hybridized carbons (Fsp3) is 0.839. The number of likely N-dealkylation sites (N-methyl/N-ethyl adjacent to an activating group) is 1. The number of phosphoric acid groups is 1. The van der Waals surface area contributed by atoms with E-state index in [9.17, 15) is 19.4 Å². The van der Waals surface area contributed by atoms with Gasteiger partial charge in [0.05, 0.1) is 39.9 Å². The number of aliphatic hydroxyl groups excluding tert-OH is 1. The molecule has 0 aliphatic heterocycles. The number of hydrogen-bond donors (Lipinski definition) is 3. The Kier molecular flexibility index (Phi) is 46.4. The maximum Gasteiger partial charge on any atom is 0.472 e. The van der Waals surface area contributed by atoms with Crippen LogP contribution in [0.1, 0.15) is 251 Å². The molecule has 0 radical (unpaired) electrons. The van der Waals surface area contributed by atoms with Crippen molar-refractivity contribution in [2.24, 2.45) is 0 Å². The zero-order valence-electron chi connectivity index (χ0n) is 43.5. The van der Waals surface area contributed by atoms with Gasteiger partial charge >= 0.3 is 7.82 Å². The second kappa shape index (κ2) is 47.5. The first-order chi connectivity index (χ1) is 31.5. The van der Waals surface area contributed by atoms with Crippen molar-refractivity contribution in [3.05, 3.63) is 48.6 Å². The van der Waals surface area contributed by atoms with Crippen LogP contribution >= 0.6 is 7.82 Å². The maximum absolute atomic E-state index is 12.9. The van der Waals surface area contributed by atoms with Gasteiger partial charge in [-0.2, -0.15) is 0 Å². The van der Waals surface area contributed by atoms with E-state index in [4.69, 9.17) is 9.05 Å². The van der Waals surface area contributed by atoms with E-state index in [-0.39, 0.29) is 19.1 Å². The minimum Gasteiger partial charge on any atom is -0.387 e. The van der Waals surface area contributed by atoms with Crippen LogP contribution < -0.4 is 5.32 Å². The number of allylic oxidation sites excluding steroid dienone is 7. The van der Waals surface area contributed by atoms with Crippen molar-refractivity contribution < 1.29 is 32.9 Å². The fourth-order valence-corrected chi connectivity index (χ4v) is 8.63. The summed E-state index contributed by atoms with van der Waals surface area (Å²) >= 11 is 0. The molecule has 3 N–H and O–H groups in total. The lowest BCUT2D eigenvalue weighted by Gasteiger charge is -2.25. The standard InChI is InChI=1S/C56H107N2O6P/c1-6-8-10-12-14-16-18-20-21-22-23-24-25-26-27-28-29-30-31-32-33-34-35-36-38-39-41-43-45-47-49-55(59)54(53-64-65(61,62)63-52-51-58(3,4)5)57-56(60)50-48-46-44-42-40-37-19-17-15-13-11-9-7-2/h17,19,34-35,39,41,47,49,54-55,59H,6-16,18,20-33,36-38,40,42-46,48,50-53H2,1-5H3,(H-,57,60,61,62)/p+1/b19-17-,35-34+,41-39+,49-47+. The van der Waals surface area contributed by atoms with Gasteiger partial charge in [0.2, 0.25) is 5.91 Å². The SMILES string of the molecule is CCCCCC/C=C\CCCCCCCC(=O)NC(COP(=O)(O)OCC[N+](C)(C)C)C(O)/C=C/CC/C=C/CC/C=C/CCCCCCCCCCCCCCCCCCCCCC. The molecule has 0 rings (SSSR count). The van der Waals surface area contributed by atoms with Crippen molar-refractivity contribution in [1.29, 1.82) is 0 Å². The molecule has 1 amide bonds. The second-order valence-electron chi connectivity index (χ2n) is 19.9. The number of carbonyl (C=O) groups excluding carboxylic acids is 1. The lowest BCUT2D eigenvalue weighted by atomic mass is 10.0. The summed E-state index contributed by atoms with van der Waals surface area (Å²) < 4.78 is 23.6. The van der Waals surface area contributed by atoms with Gasteiger partial charge in [-0.15, -0.1) is 0 Å². The van der Waals surface area contributed by atoms with Crippen LogP contribution in [0.15, 0.2) is 48.6 Å². The molecule has 8 nitrogen and oxygen atoms in total. The van der Waals surface area contributed by atoms with Gasteiger partial charge in [-0.3, -0.25) is 13.8 Å². The maximum atomic E-state index is 12.9. The predicted molar refractivity (Wildman–Crippen MR) is 281 cm³/mol. The number of carbonyl (C=O) groups is 1. The molecule has 3 atom stereocenters. The molecule has 3 unspecified atom stereocenters. The van der Waals surface area contributed by atoms with Crippen LogP contribution in [0.25, 0.3) is 0 Å². The van der Waals surface area contributed by atoms with E-state index in [0.717, 1.165) is 57.8 Å². The molecule has 0 spiro atoms. The Morgan fingerprint density at radius 3 is 1.25 bits per heavy atom. The van der Waals surface area contributed by atoms with E-state index < -0.39 is 20.0 Å². The molecular formula is C56H108N2O6P+. The highest BCUT2D eigenvalue weighted by Crippen LogP contribution is 2.43. The third-order valence-electron chi connectivity index (χ3n) is 12.2. The summed E-state index contributed by atoms with van der Waals surface area (Å²) in [6, 6.07) is -0.874. The summed E-state index contributed by atoms with van der Waals surface area (Å²) in [5, 5.41) is 13.9. The van der Waals surface area contributed by atoms with Gasteiger partial charge in [0.25, 0.3) is 0 Å². The van der Waals surface area contributed by atoms with Gasteiger partial charge < -0.3 is 19.8 Å². The molecule has 0 bridgehead atoms. The second-order valence-corrected chi connectivity index (χ2v) is 21.4. The number of rotatable bonds is 50. The highest BCUT2D eigenvalue weighted by Gasteiger charge is 2.27. The van der Waals surface area contributed by atoms with Crippen LogP contribution in [0.4, 0.5) is 0 Å². The number of aliphatic hydroxyl groups is 1. The Labute approximate surface area is 403 Å². The fourth-order valence-electron chi connectivity index (χ4n) is 7.89. The Bertz CT molecular complexity index is 1200. The lowest BCUT2D eigenvalue weighted by Crippen LogP contribution is -2.45. The number of hydrogen-bond acceptors (Lipinski definition) is 5. The van der Waals surface area contributed by atoms with Crippen molar-refractivity contribution in [3.63, 3.8) is 0 Å². The zero-order valence-corrected chi connectivity index (χ0v) is 44.4. The summed E-state index contributed by atoms with van der Waals surface area (Å²) in [7, 11) is 1.54. The number of unbranched alkanes of at least 4 members (excludes halogenated alkanes) is 31. The molecule has 0 aromatic carbocycles. The van der Waals surface area contributed by atoms with E-state index in [1.807, 2.05) is 27.2 Å². The Balaban J connectivity index is 4.21. The molecule has 65 heavy (non-hydrogen) atoms. The molecule has 0 fully saturated rings. The number of nitrogens with zero attached hydrogens (tertiary/aromatic N) is 1. The molecule has 0 saturated carbocycles. The molecule has 0 heterocycles. The normalized spacial score (nSPS) is 14.4. The number of amides is 1. The van der Waals surface area contributed by atoms with Crippen molar-refractivity contribution in [3.8, 4) is 0 Å². The van der Waals surface area contributed by atoms with Gasteiger partial charge in [0.1, 0.15) is 13.2 Å². The highest BCUT2D eigenvalue weighted by molar-refractivity contribution is 7.47. The van der Waals surface area contributed by atoms with Crippen molar-refractivity contribution in [2.45, 2.75) is 264 Å². The van der Waals surface area contributed by atoms with Gasteiger partial charge in [0.15, 0.2) is 0 Å². The van der Waals surface area contributed by atoms with Crippen molar-refractivity contribution in [1.82, 2.24) is 5.32 Å². The van der Waals surface area contributed by atoms with Crippen molar-refractivity contribution >= 4 is 13.7 Å². The van der Waals surface area contributed by atoms with Crippen LogP contribution in [-0.4, -0.2) is 73.4 Å². The van der Waals surface area contributed by atoms with Gasteiger partial charge in [0, 0.05) is 6.42 Å². The quantitative estimate of drug-likeness (QED) is 0.0243. The zero-order chi connectivity index (χ0) is 47.8. The van der Waals surface area contributed by atoms with Gasteiger partial charge in [-0.25, -0.2) is 4.57 Å². The minimum absolute atomic E-state index is 0.0512. The Hall–Kier alpha value is -1.54. The third kappa shape index (κ3) is 50.2. The van der Waals surface area contributed by atoms with Crippen LogP contribution in [0.3, 0.4) is 0 Å². The molecule has 0 aromatic heterocycles. The molecular weight excluding hydrogens is 828 g/mol. The minimum atomic E-state index is -4.36. The summed E-state index contributed by atoms with van der Waals surface area (Å²) in [5.41, 5.74) is 0. The average molecular weight is 936 g/mol. The monoisotopic (exact) mass is 936 g/mol.